The van der Waals surface area contributed by atoms with Crippen LogP contribution in [0.1, 0.15) is 42.7 Å². The lowest BCUT2D eigenvalue weighted by molar-refractivity contribution is -0.134. The van der Waals surface area contributed by atoms with Gasteiger partial charge in [0.15, 0.2) is 0 Å². The molecule has 0 bridgehead atoms. The Balaban J connectivity index is 1.72. The molecule has 1 N–H and O–H groups in total. The van der Waals surface area contributed by atoms with Crippen LogP contribution < -0.4 is 0 Å². The summed E-state index contributed by atoms with van der Waals surface area (Å²) in [4.78, 5) is 14.8. The van der Waals surface area contributed by atoms with Gasteiger partial charge < -0.3 is 10.0 Å². The Morgan fingerprint density at radius 3 is 2.70 bits per heavy atom. The first kappa shape index (κ1) is 13.6. The third kappa shape index (κ3) is 2.59. The predicted octanol–water partition coefficient (Wildman–Crippen LogP) is 2.34. The van der Waals surface area contributed by atoms with Crippen LogP contribution in [0.3, 0.4) is 0 Å². The van der Waals surface area contributed by atoms with Gasteiger partial charge in [-0.25, -0.2) is 0 Å². The molecule has 2 aliphatic rings. The fourth-order valence-electron chi connectivity index (χ4n) is 3.57. The molecule has 1 fully saturated rings. The fraction of sp³-hybridized carbons (Fsp3) is 0.588. The van der Waals surface area contributed by atoms with Crippen molar-refractivity contribution in [2.45, 2.75) is 38.0 Å². The van der Waals surface area contributed by atoms with E-state index >= 15 is 0 Å². The molecule has 1 heterocycles. The summed E-state index contributed by atoms with van der Waals surface area (Å²) >= 11 is 0. The molecule has 0 spiro atoms. The number of hydrogen-bond acceptors (Lipinski definition) is 2. The maximum Gasteiger partial charge on any atom is 0.230 e. The number of aryl methyl sites for hydroxylation is 1. The molecule has 3 nitrogen and oxygen atoms in total. The summed E-state index contributed by atoms with van der Waals surface area (Å²) in [5.41, 5.74) is 2.59. The van der Waals surface area contributed by atoms with Gasteiger partial charge in [-0.15, -0.1) is 0 Å². The van der Waals surface area contributed by atoms with Crippen LogP contribution in [0.5, 0.6) is 0 Å². The predicted molar refractivity (Wildman–Crippen MR) is 78.5 cm³/mol. The Bertz CT molecular complexity index is 478. The maximum absolute atomic E-state index is 12.8. The number of aliphatic hydroxyl groups excluding tert-OH is 1. The third-order valence-electron chi connectivity index (χ3n) is 4.85. The molecule has 1 aliphatic carbocycles. The van der Waals surface area contributed by atoms with Gasteiger partial charge in [0.2, 0.25) is 5.91 Å². The van der Waals surface area contributed by atoms with Crippen molar-refractivity contribution in [3.05, 3.63) is 35.4 Å². The number of amides is 1. The van der Waals surface area contributed by atoms with E-state index in [1.54, 1.807) is 0 Å². The number of aliphatic hydroxyl groups is 1. The lowest BCUT2D eigenvalue weighted by Crippen LogP contribution is -2.42. The lowest BCUT2D eigenvalue weighted by atomic mass is 9.81. The lowest BCUT2D eigenvalue weighted by Gasteiger charge is -2.35. The Morgan fingerprint density at radius 1 is 1.20 bits per heavy atom. The summed E-state index contributed by atoms with van der Waals surface area (Å²) in [5, 5.41) is 9.19. The van der Waals surface area contributed by atoms with Crippen LogP contribution in [-0.2, 0) is 11.2 Å². The average Bonchev–Trinajstić information content (AvgIpc) is 2.54. The van der Waals surface area contributed by atoms with Gasteiger partial charge in [-0.1, -0.05) is 24.3 Å². The number of carbonyl (C=O) groups is 1. The van der Waals surface area contributed by atoms with Crippen LogP contribution in [-0.4, -0.2) is 35.6 Å². The molecule has 3 heteroatoms. The number of likely N-dealkylation sites (tertiary alicyclic amines) is 1. The van der Waals surface area contributed by atoms with Crippen molar-refractivity contribution in [3.63, 3.8) is 0 Å². The second kappa shape index (κ2) is 5.96. The average molecular weight is 273 g/mol. The molecule has 1 aromatic rings. The van der Waals surface area contributed by atoms with Gasteiger partial charge >= 0.3 is 0 Å². The van der Waals surface area contributed by atoms with Crippen LogP contribution >= 0.6 is 0 Å². The SMILES string of the molecule is O=C(C1CCCc2ccccc21)N1CCC(CO)CC1. The monoisotopic (exact) mass is 273 g/mol. The second-order valence-corrected chi connectivity index (χ2v) is 6.09. The van der Waals surface area contributed by atoms with Gasteiger partial charge in [0, 0.05) is 19.7 Å². The quantitative estimate of drug-likeness (QED) is 0.898. The topological polar surface area (TPSA) is 40.5 Å². The van der Waals surface area contributed by atoms with Crippen LogP contribution in [0, 0.1) is 5.92 Å². The first-order chi connectivity index (χ1) is 9.79. The summed E-state index contributed by atoms with van der Waals surface area (Å²) in [6, 6.07) is 8.39. The highest BCUT2D eigenvalue weighted by atomic mass is 16.3. The number of benzene rings is 1. The van der Waals surface area contributed by atoms with E-state index in [1.807, 2.05) is 11.0 Å². The minimum atomic E-state index is 0.0608. The smallest absolute Gasteiger partial charge is 0.230 e. The van der Waals surface area contributed by atoms with Gasteiger partial charge in [-0.05, 0) is 49.1 Å². The molecule has 0 aromatic heterocycles. The van der Waals surface area contributed by atoms with Crippen molar-refractivity contribution in [3.8, 4) is 0 Å². The molecule has 0 saturated carbocycles. The first-order valence-corrected chi connectivity index (χ1v) is 7.77. The van der Waals surface area contributed by atoms with E-state index in [2.05, 4.69) is 18.2 Å². The van der Waals surface area contributed by atoms with Gasteiger partial charge in [0.1, 0.15) is 0 Å². The minimum Gasteiger partial charge on any atom is -0.396 e. The van der Waals surface area contributed by atoms with E-state index in [9.17, 15) is 9.90 Å². The van der Waals surface area contributed by atoms with Crippen molar-refractivity contribution in [1.82, 2.24) is 4.90 Å². The van der Waals surface area contributed by atoms with Crippen molar-refractivity contribution in [2.24, 2.45) is 5.92 Å². The molecular weight excluding hydrogens is 250 g/mol. The van der Waals surface area contributed by atoms with Crippen molar-refractivity contribution in [2.75, 3.05) is 19.7 Å². The molecular formula is C17H23NO2. The molecule has 108 valence electrons. The summed E-state index contributed by atoms with van der Waals surface area (Å²) in [7, 11) is 0. The largest absolute Gasteiger partial charge is 0.396 e. The van der Waals surface area contributed by atoms with Gasteiger partial charge in [-0.2, -0.15) is 0 Å². The Hall–Kier alpha value is -1.35. The van der Waals surface area contributed by atoms with Gasteiger partial charge in [-0.3, -0.25) is 4.79 Å². The second-order valence-electron chi connectivity index (χ2n) is 6.09. The molecule has 1 saturated heterocycles. The van der Waals surface area contributed by atoms with E-state index < -0.39 is 0 Å². The molecule has 1 atom stereocenters. The van der Waals surface area contributed by atoms with Crippen molar-refractivity contribution >= 4 is 5.91 Å². The number of carbonyl (C=O) groups excluding carboxylic acids is 1. The highest BCUT2D eigenvalue weighted by Crippen LogP contribution is 2.33. The molecule has 1 aliphatic heterocycles. The molecule has 3 rings (SSSR count). The van der Waals surface area contributed by atoms with E-state index in [0.717, 1.165) is 45.2 Å². The van der Waals surface area contributed by atoms with Crippen LogP contribution in [0.25, 0.3) is 0 Å². The molecule has 20 heavy (non-hydrogen) atoms. The zero-order chi connectivity index (χ0) is 13.9. The molecule has 1 unspecified atom stereocenters. The summed E-state index contributed by atoms with van der Waals surface area (Å²) in [5.74, 6) is 0.747. The molecule has 1 amide bonds. The highest BCUT2D eigenvalue weighted by molar-refractivity contribution is 5.84. The van der Waals surface area contributed by atoms with Gasteiger partial charge in [0.05, 0.1) is 5.92 Å². The Kier molecular flexibility index (Phi) is 4.06. The maximum atomic E-state index is 12.8. The third-order valence-corrected chi connectivity index (χ3v) is 4.85. The van der Waals surface area contributed by atoms with E-state index in [1.165, 1.54) is 11.1 Å². The number of nitrogens with zero attached hydrogens (tertiary/aromatic N) is 1. The van der Waals surface area contributed by atoms with E-state index in [4.69, 9.17) is 0 Å². The van der Waals surface area contributed by atoms with Crippen molar-refractivity contribution < 1.29 is 9.90 Å². The molecule has 1 aromatic carbocycles. The summed E-state index contributed by atoms with van der Waals surface area (Å²) < 4.78 is 0. The van der Waals surface area contributed by atoms with Crippen LogP contribution in [0.2, 0.25) is 0 Å². The van der Waals surface area contributed by atoms with E-state index in [-0.39, 0.29) is 12.5 Å². The first-order valence-electron chi connectivity index (χ1n) is 7.77. The Morgan fingerprint density at radius 2 is 1.95 bits per heavy atom. The number of rotatable bonds is 2. The van der Waals surface area contributed by atoms with Crippen LogP contribution in [0.4, 0.5) is 0 Å². The number of piperidine rings is 1. The normalized spacial score (nSPS) is 23.4. The summed E-state index contributed by atoms with van der Waals surface area (Å²) in [6.45, 7) is 1.87. The minimum absolute atomic E-state index is 0.0608. The van der Waals surface area contributed by atoms with Crippen LogP contribution in [0.15, 0.2) is 24.3 Å². The zero-order valence-corrected chi connectivity index (χ0v) is 11.9. The zero-order valence-electron chi connectivity index (χ0n) is 11.9. The summed E-state index contributed by atoms with van der Waals surface area (Å²) in [6.07, 6.45) is 5.08. The number of hydrogen-bond donors (Lipinski definition) is 1. The fourth-order valence-corrected chi connectivity index (χ4v) is 3.57. The Labute approximate surface area is 120 Å². The molecule has 0 radical (unpaired) electrons. The number of fused-ring (bicyclic) bond motifs is 1. The standard InChI is InChI=1S/C17H23NO2/c19-12-13-8-10-18(11-9-13)17(20)16-7-3-5-14-4-1-2-6-15(14)16/h1-2,4,6,13,16,19H,3,5,7-12H2. The van der Waals surface area contributed by atoms with Crippen molar-refractivity contribution in [1.29, 1.82) is 0 Å². The van der Waals surface area contributed by atoms with Gasteiger partial charge in [0.25, 0.3) is 0 Å². The highest BCUT2D eigenvalue weighted by Gasteiger charge is 2.31. The van der Waals surface area contributed by atoms with E-state index in [0.29, 0.717) is 11.8 Å².